The minimum Gasteiger partial charge on any atom is -0.508 e. The van der Waals surface area contributed by atoms with E-state index in [4.69, 9.17) is 0 Å². The van der Waals surface area contributed by atoms with E-state index in [0.29, 0.717) is 6.54 Å². The summed E-state index contributed by atoms with van der Waals surface area (Å²) >= 11 is 1.61. The van der Waals surface area contributed by atoms with Gasteiger partial charge in [-0.25, -0.2) is 4.98 Å². The second kappa shape index (κ2) is 5.11. The van der Waals surface area contributed by atoms with E-state index < -0.39 is 0 Å². The number of phenols is 1. The highest BCUT2D eigenvalue weighted by molar-refractivity contribution is 7.13. The van der Waals surface area contributed by atoms with Crippen LogP contribution < -0.4 is 5.32 Å². The van der Waals surface area contributed by atoms with Crippen LogP contribution in [-0.4, -0.2) is 20.3 Å². The molecule has 5 nitrogen and oxygen atoms in total. The number of nitrogens with one attached hydrogen (secondary N) is 2. The predicted molar refractivity (Wildman–Crippen MR) is 75.1 cm³/mol. The second-order valence-electron chi connectivity index (χ2n) is 3.98. The first-order valence-electron chi connectivity index (χ1n) is 5.79. The van der Waals surface area contributed by atoms with Gasteiger partial charge in [0.15, 0.2) is 5.82 Å². The van der Waals surface area contributed by atoms with Gasteiger partial charge in [-0.1, -0.05) is 6.07 Å². The Labute approximate surface area is 114 Å². The van der Waals surface area contributed by atoms with E-state index in [1.807, 2.05) is 29.6 Å². The number of anilines is 1. The number of nitrogens with zero attached hydrogens (tertiary/aromatic N) is 2. The number of thiophene rings is 1. The lowest BCUT2D eigenvalue weighted by Crippen LogP contribution is -2.00. The number of aromatic hydroxyl groups is 1. The number of aromatic amines is 1. The predicted octanol–water partition coefficient (Wildman–Crippen LogP) is 2.85. The van der Waals surface area contributed by atoms with Crippen LogP contribution in [0.3, 0.4) is 0 Å². The Hall–Kier alpha value is -2.34. The number of hydrogen-bond donors (Lipinski definition) is 3. The molecule has 0 amide bonds. The van der Waals surface area contributed by atoms with Crippen molar-refractivity contribution in [1.82, 2.24) is 15.2 Å². The van der Waals surface area contributed by atoms with Gasteiger partial charge in [-0.15, -0.1) is 11.3 Å². The van der Waals surface area contributed by atoms with E-state index in [9.17, 15) is 5.11 Å². The van der Waals surface area contributed by atoms with Crippen LogP contribution in [0.1, 0.15) is 5.82 Å². The number of phenolic OH excluding ortho intramolecular Hbond substituents is 1. The summed E-state index contributed by atoms with van der Waals surface area (Å²) in [5.74, 6) is 1.75. The monoisotopic (exact) mass is 272 g/mol. The van der Waals surface area contributed by atoms with E-state index >= 15 is 0 Å². The fraction of sp³-hybridized carbons (Fsp3) is 0.0769. The Kier molecular flexibility index (Phi) is 3.16. The molecule has 3 rings (SSSR count). The molecule has 1 aromatic carbocycles. The number of hydrogen-bond acceptors (Lipinski definition) is 5. The van der Waals surface area contributed by atoms with Gasteiger partial charge >= 0.3 is 0 Å². The van der Waals surface area contributed by atoms with E-state index in [1.54, 1.807) is 23.5 Å². The summed E-state index contributed by atoms with van der Waals surface area (Å²) in [6, 6.07) is 10.9. The highest BCUT2D eigenvalue weighted by atomic mass is 32.1. The maximum Gasteiger partial charge on any atom is 0.191 e. The highest BCUT2D eigenvalue weighted by Crippen LogP contribution is 2.20. The van der Waals surface area contributed by atoms with Crippen LogP contribution in [0.2, 0.25) is 0 Å². The normalized spacial score (nSPS) is 10.5. The zero-order valence-electron chi connectivity index (χ0n) is 10.00. The molecule has 0 bridgehead atoms. The summed E-state index contributed by atoms with van der Waals surface area (Å²) < 4.78 is 0. The third-order valence-corrected chi connectivity index (χ3v) is 3.47. The van der Waals surface area contributed by atoms with Crippen molar-refractivity contribution in [2.24, 2.45) is 0 Å². The van der Waals surface area contributed by atoms with Crippen LogP contribution >= 0.6 is 11.3 Å². The molecule has 0 radical (unpaired) electrons. The fourth-order valence-electron chi connectivity index (χ4n) is 1.66. The topological polar surface area (TPSA) is 73.8 Å². The van der Waals surface area contributed by atoms with Gasteiger partial charge in [0.25, 0.3) is 0 Å². The number of H-pyrrole nitrogens is 1. The average molecular weight is 272 g/mol. The third-order valence-electron chi connectivity index (χ3n) is 2.60. The molecule has 0 atom stereocenters. The lowest BCUT2D eigenvalue weighted by Gasteiger charge is -2.03. The van der Waals surface area contributed by atoms with Gasteiger partial charge in [-0.2, -0.15) is 5.10 Å². The van der Waals surface area contributed by atoms with Gasteiger partial charge < -0.3 is 10.4 Å². The number of aromatic nitrogens is 3. The van der Waals surface area contributed by atoms with Gasteiger partial charge in [0.2, 0.25) is 0 Å². The van der Waals surface area contributed by atoms with E-state index in [0.717, 1.165) is 22.2 Å². The number of benzene rings is 1. The smallest absolute Gasteiger partial charge is 0.191 e. The number of rotatable bonds is 4. The molecule has 0 fully saturated rings. The van der Waals surface area contributed by atoms with E-state index in [1.165, 1.54) is 0 Å². The minimum absolute atomic E-state index is 0.255. The van der Waals surface area contributed by atoms with Crippen LogP contribution in [-0.2, 0) is 6.54 Å². The largest absolute Gasteiger partial charge is 0.508 e. The Morgan fingerprint density at radius 2 is 2.05 bits per heavy atom. The summed E-state index contributed by atoms with van der Waals surface area (Å²) in [5, 5.41) is 21.5. The van der Waals surface area contributed by atoms with Crippen LogP contribution in [0.15, 0.2) is 41.8 Å². The molecule has 0 aliphatic carbocycles. The van der Waals surface area contributed by atoms with Crippen molar-refractivity contribution < 1.29 is 5.11 Å². The van der Waals surface area contributed by atoms with Crippen molar-refractivity contribution in [2.45, 2.75) is 6.54 Å². The molecular formula is C13H12N4OS. The molecule has 3 N–H and O–H groups in total. The Bertz CT molecular complexity index is 646. The zero-order valence-corrected chi connectivity index (χ0v) is 10.8. The van der Waals surface area contributed by atoms with Gasteiger partial charge in [0, 0.05) is 5.69 Å². The van der Waals surface area contributed by atoms with Gasteiger partial charge in [-0.05, 0) is 35.7 Å². The lowest BCUT2D eigenvalue weighted by molar-refractivity contribution is 0.475. The summed E-state index contributed by atoms with van der Waals surface area (Å²) in [6.45, 7) is 0.559. The first kappa shape index (κ1) is 11.7. The molecule has 96 valence electrons. The summed E-state index contributed by atoms with van der Waals surface area (Å²) in [4.78, 5) is 5.47. The van der Waals surface area contributed by atoms with Crippen molar-refractivity contribution in [3.63, 3.8) is 0 Å². The molecule has 0 saturated heterocycles. The van der Waals surface area contributed by atoms with Crippen molar-refractivity contribution in [2.75, 3.05) is 5.32 Å². The van der Waals surface area contributed by atoms with E-state index in [-0.39, 0.29) is 5.75 Å². The van der Waals surface area contributed by atoms with Crippen molar-refractivity contribution in [1.29, 1.82) is 0 Å². The quantitative estimate of drug-likeness (QED) is 0.638. The van der Waals surface area contributed by atoms with E-state index in [2.05, 4.69) is 20.5 Å². The van der Waals surface area contributed by atoms with Crippen LogP contribution in [0.25, 0.3) is 10.7 Å². The van der Waals surface area contributed by atoms with Gasteiger partial charge in [0.1, 0.15) is 11.6 Å². The second-order valence-corrected chi connectivity index (χ2v) is 4.93. The first-order valence-corrected chi connectivity index (χ1v) is 6.67. The minimum atomic E-state index is 0.255. The molecule has 0 aliphatic rings. The molecule has 0 saturated carbocycles. The Morgan fingerprint density at radius 1 is 1.21 bits per heavy atom. The molecular weight excluding hydrogens is 260 g/mol. The zero-order chi connectivity index (χ0) is 13.1. The molecule has 3 aromatic rings. The van der Waals surface area contributed by atoms with Crippen LogP contribution in [0.5, 0.6) is 5.75 Å². The maximum absolute atomic E-state index is 9.20. The Morgan fingerprint density at radius 3 is 2.79 bits per heavy atom. The molecule has 0 unspecified atom stereocenters. The molecule has 0 aliphatic heterocycles. The third kappa shape index (κ3) is 2.74. The molecule has 2 heterocycles. The Balaban J connectivity index is 1.66. The van der Waals surface area contributed by atoms with Crippen molar-refractivity contribution in [3.05, 3.63) is 47.6 Å². The van der Waals surface area contributed by atoms with Crippen molar-refractivity contribution >= 4 is 17.0 Å². The lowest BCUT2D eigenvalue weighted by atomic mass is 10.3. The maximum atomic E-state index is 9.20. The highest BCUT2D eigenvalue weighted by Gasteiger charge is 2.06. The summed E-state index contributed by atoms with van der Waals surface area (Å²) in [7, 11) is 0. The van der Waals surface area contributed by atoms with Crippen LogP contribution in [0.4, 0.5) is 5.69 Å². The molecule has 6 heteroatoms. The molecule has 0 spiro atoms. The molecule has 19 heavy (non-hydrogen) atoms. The van der Waals surface area contributed by atoms with Crippen molar-refractivity contribution in [3.8, 4) is 16.5 Å². The fourth-order valence-corrected chi connectivity index (χ4v) is 2.31. The summed E-state index contributed by atoms with van der Waals surface area (Å²) in [6.07, 6.45) is 0. The van der Waals surface area contributed by atoms with Gasteiger partial charge in [-0.3, -0.25) is 5.10 Å². The first-order chi connectivity index (χ1) is 9.31. The standard InChI is InChI=1S/C13H12N4OS/c18-10-5-3-9(4-6-10)14-8-12-15-13(17-16-12)11-2-1-7-19-11/h1-7,14,18H,8H2,(H,15,16,17). The van der Waals surface area contributed by atoms with Crippen LogP contribution in [0, 0.1) is 0 Å². The average Bonchev–Trinajstić information content (AvgIpc) is 3.09. The van der Waals surface area contributed by atoms with Gasteiger partial charge in [0.05, 0.1) is 11.4 Å². The molecule has 2 aromatic heterocycles. The summed E-state index contributed by atoms with van der Waals surface area (Å²) in [5.41, 5.74) is 0.923. The SMILES string of the molecule is Oc1ccc(NCc2nc(-c3cccs3)n[nH]2)cc1.